The van der Waals surface area contributed by atoms with E-state index in [2.05, 4.69) is 0 Å². The monoisotopic (exact) mass is 690 g/mol. The van der Waals surface area contributed by atoms with E-state index in [0.717, 1.165) is 36.4 Å². The molecule has 0 heterocycles. The van der Waals surface area contributed by atoms with Gasteiger partial charge in [-0.3, -0.25) is 0 Å². The predicted molar refractivity (Wildman–Crippen MR) is 164 cm³/mol. The Balaban J connectivity index is 0.000000270. The fraction of sp³-hybridized carbons (Fsp3) is 0.0303. The second-order valence-electron chi connectivity index (χ2n) is 9.81. The molecular weight excluding hydrogens is 668 g/mol. The molecule has 0 bridgehead atoms. The van der Waals surface area contributed by atoms with Gasteiger partial charge < -0.3 is 45.6 Å². The van der Waals surface area contributed by atoms with Gasteiger partial charge >= 0.3 is 47.8 Å². The molecule has 50 heavy (non-hydrogen) atoms. The van der Waals surface area contributed by atoms with Gasteiger partial charge in [0.25, 0.3) is 0 Å². The van der Waals surface area contributed by atoms with E-state index >= 15 is 0 Å². The van der Waals surface area contributed by atoms with Gasteiger partial charge in [-0.25, -0.2) is 38.4 Å². The first kappa shape index (κ1) is 36.9. The van der Waals surface area contributed by atoms with Gasteiger partial charge in [0.2, 0.25) is 0 Å². The topological polar surface area (TPSA) is 308 Å². The molecule has 0 aromatic heterocycles. The van der Waals surface area contributed by atoms with Crippen LogP contribution in [0.4, 0.5) is 0 Å². The van der Waals surface area contributed by atoms with Crippen LogP contribution in [0.5, 0.6) is 11.5 Å². The molecule has 0 fully saturated rings. The van der Waals surface area contributed by atoms with Crippen molar-refractivity contribution >= 4 is 47.8 Å². The Morgan fingerprint density at radius 1 is 0.380 bits per heavy atom. The summed E-state index contributed by atoms with van der Waals surface area (Å²) >= 11 is 0. The maximum absolute atomic E-state index is 11.5. The van der Waals surface area contributed by atoms with Crippen LogP contribution in [-0.2, 0) is 6.42 Å². The fourth-order valence-electron chi connectivity index (χ4n) is 4.60. The molecule has 8 N–H and O–H groups in total. The fourth-order valence-corrected chi connectivity index (χ4v) is 4.60. The summed E-state index contributed by atoms with van der Waals surface area (Å²) in [5.74, 6) is -11.7. The van der Waals surface area contributed by atoms with Gasteiger partial charge in [0.1, 0.15) is 11.5 Å². The number of hydrogen-bond acceptors (Lipinski definition) is 9. The van der Waals surface area contributed by atoms with Crippen LogP contribution in [-0.4, -0.2) is 88.6 Å². The Morgan fingerprint density at radius 3 is 0.980 bits per heavy atom. The molecule has 4 aromatic carbocycles. The maximum Gasteiger partial charge on any atom is 0.336 e. The van der Waals surface area contributed by atoms with Gasteiger partial charge in [-0.1, -0.05) is 24.3 Å². The molecule has 17 nitrogen and oxygen atoms in total. The van der Waals surface area contributed by atoms with Crippen molar-refractivity contribution in [2.45, 2.75) is 6.42 Å². The van der Waals surface area contributed by atoms with Crippen molar-refractivity contribution in [2.75, 3.05) is 0 Å². The summed E-state index contributed by atoms with van der Waals surface area (Å²) in [6.07, 6.45) is -0.245. The third-order valence-electron chi connectivity index (χ3n) is 6.71. The normalized spacial score (nSPS) is 10.2. The van der Waals surface area contributed by atoms with E-state index in [1.165, 1.54) is 36.4 Å². The first-order valence-electron chi connectivity index (χ1n) is 13.5. The average Bonchev–Trinajstić information content (AvgIpc) is 3.04. The van der Waals surface area contributed by atoms with Crippen molar-refractivity contribution < 1.29 is 83.9 Å². The summed E-state index contributed by atoms with van der Waals surface area (Å²) in [6.45, 7) is 0. The molecule has 4 aromatic rings. The largest absolute Gasteiger partial charge is 0.478 e. The highest BCUT2D eigenvalue weighted by atomic mass is 16.5. The third-order valence-corrected chi connectivity index (χ3v) is 6.71. The zero-order valence-corrected chi connectivity index (χ0v) is 24.9. The average molecular weight is 691 g/mol. The van der Waals surface area contributed by atoms with Crippen LogP contribution in [0.2, 0.25) is 0 Å². The SMILES string of the molecule is O=C(O)c1ccc(Oc2ccc(C(=O)O)c(C(=O)O)c2)cc1C(=O)O.O=C(O)c1cccc(Cc2cccc(C(=O)O)c2C(=O)O)c1C(=O)O. The lowest BCUT2D eigenvalue weighted by molar-refractivity contribution is 0.0649. The van der Waals surface area contributed by atoms with Gasteiger partial charge in [-0.15, -0.1) is 0 Å². The van der Waals surface area contributed by atoms with Crippen molar-refractivity contribution in [3.63, 3.8) is 0 Å². The minimum Gasteiger partial charge on any atom is -0.478 e. The quantitative estimate of drug-likeness (QED) is 0.102. The van der Waals surface area contributed by atoms with E-state index < -0.39 is 92.3 Å². The second kappa shape index (κ2) is 15.4. The highest BCUT2D eigenvalue weighted by molar-refractivity contribution is 6.05. The third kappa shape index (κ3) is 8.42. The lowest BCUT2D eigenvalue weighted by Gasteiger charge is -2.12. The summed E-state index contributed by atoms with van der Waals surface area (Å²) in [4.78, 5) is 89.6. The van der Waals surface area contributed by atoms with Crippen LogP contribution in [0.1, 0.15) is 94.0 Å². The van der Waals surface area contributed by atoms with E-state index in [1.54, 1.807) is 0 Å². The number of carboxylic acids is 8. The van der Waals surface area contributed by atoms with Crippen molar-refractivity contribution in [3.8, 4) is 11.5 Å². The lowest BCUT2D eigenvalue weighted by atomic mass is 9.91. The zero-order chi connectivity index (χ0) is 37.4. The van der Waals surface area contributed by atoms with Crippen molar-refractivity contribution in [2.24, 2.45) is 0 Å². The number of rotatable bonds is 12. The Hall–Kier alpha value is -7.56. The van der Waals surface area contributed by atoms with E-state index in [0.29, 0.717) is 0 Å². The molecule has 0 radical (unpaired) electrons. The molecule has 0 saturated carbocycles. The Kier molecular flexibility index (Phi) is 11.3. The van der Waals surface area contributed by atoms with Crippen molar-refractivity contribution in [1.82, 2.24) is 0 Å². The number of carboxylic acid groups (broad SMARTS) is 8. The molecule has 0 unspecified atom stereocenters. The first-order chi connectivity index (χ1) is 23.4. The first-order valence-corrected chi connectivity index (χ1v) is 13.5. The predicted octanol–water partition coefficient (Wildman–Crippen LogP) is 4.34. The minimum atomic E-state index is -1.48. The van der Waals surface area contributed by atoms with E-state index in [9.17, 15) is 48.6 Å². The molecule has 256 valence electrons. The maximum atomic E-state index is 11.5. The van der Waals surface area contributed by atoms with Crippen LogP contribution in [0.3, 0.4) is 0 Å². The summed E-state index contributed by atoms with van der Waals surface area (Å²) in [5, 5.41) is 72.9. The van der Waals surface area contributed by atoms with Crippen LogP contribution in [0.15, 0.2) is 72.8 Å². The summed E-state index contributed by atoms with van der Waals surface area (Å²) in [7, 11) is 0. The molecule has 0 aliphatic rings. The Bertz CT molecular complexity index is 1950. The molecule has 17 heteroatoms. The van der Waals surface area contributed by atoms with Gasteiger partial charge in [0.15, 0.2) is 0 Å². The Labute approximate surface area is 278 Å². The standard InChI is InChI=1S/C17H12O8.C16H10O9/c18-14(19)10-5-1-3-8(12(10)16(22)23)7-9-4-2-6-11(15(20)21)13(9)17(24)25;17-13(18)9-3-1-7(5-11(9)15(21)22)25-8-2-4-10(14(19)20)12(6-8)16(23)24/h1-6H,7H2,(H,18,19)(H,20,21)(H,22,23)(H,24,25);1-6H,(H,17,18)(H,19,20)(H,21,22)(H,23,24). The van der Waals surface area contributed by atoms with E-state index in [1.807, 2.05) is 0 Å². The smallest absolute Gasteiger partial charge is 0.336 e. The number of ether oxygens (including phenoxy) is 1. The number of aromatic carboxylic acids is 8. The molecule has 0 aliphatic heterocycles. The molecule has 0 amide bonds. The summed E-state index contributed by atoms with van der Waals surface area (Å²) in [5.41, 5.74) is -3.56. The van der Waals surface area contributed by atoms with Crippen molar-refractivity contribution in [1.29, 1.82) is 0 Å². The molecule has 0 aliphatic carbocycles. The molecule has 0 spiro atoms. The number of hydrogen-bond donors (Lipinski definition) is 8. The number of carbonyl (C=O) groups is 8. The minimum absolute atomic E-state index is 0.0539. The molecule has 4 rings (SSSR count). The summed E-state index contributed by atoms with van der Waals surface area (Å²) in [6, 6.07) is 14.0. The Morgan fingerprint density at radius 2 is 0.700 bits per heavy atom. The van der Waals surface area contributed by atoms with Gasteiger partial charge in [-0.2, -0.15) is 0 Å². The van der Waals surface area contributed by atoms with Gasteiger partial charge in [0, 0.05) is 0 Å². The number of benzene rings is 4. The van der Waals surface area contributed by atoms with E-state index in [-0.39, 0.29) is 29.0 Å². The highest BCUT2D eigenvalue weighted by Crippen LogP contribution is 2.27. The molecule has 0 atom stereocenters. The zero-order valence-electron chi connectivity index (χ0n) is 24.9. The van der Waals surface area contributed by atoms with Crippen LogP contribution in [0.25, 0.3) is 0 Å². The van der Waals surface area contributed by atoms with Gasteiger partial charge in [0.05, 0.1) is 44.5 Å². The highest BCUT2D eigenvalue weighted by Gasteiger charge is 2.24. The molecule has 0 saturated heterocycles. The lowest BCUT2D eigenvalue weighted by Crippen LogP contribution is -2.14. The van der Waals surface area contributed by atoms with Crippen molar-refractivity contribution in [3.05, 3.63) is 128 Å². The van der Waals surface area contributed by atoms with Crippen LogP contribution in [0, 0.1) is 0 Å². The van der Waals surface area contributed by atoms with Crippen LogP contribution >= 0.6 is 0 Å². The second-order valence-corrected chi connectivity index (χ2v) is 9.81. The van der Waals surface area contributed by atoms with E-state index in [4.69, 9.17) is 35.4 Å². The molecular formula is C33H22O17. The van der Waals surface area contributed by atoms with Gasteiger partial charge in [-0.05, 0) is 66.1 Å². The summed E-state index contributed by atoms with van der Waals surface area (Å²) < 4.78 is 5.32. The van der Waals surface area contributed by atoms with Crippen LogP contribution < -0.4 is 4.74 Å².